The second kappa shape index (κ2) is 8.34. The third-order valence-electron chi connectivity index (χ3n) is 4.24. The van der Waals surface area contributed by atoms with Crippen molar-refractivity contribution in [3.8, 4) is 0 Å². The predicted octanol–water partition coefficient (Wildman–Crippen LogP) is 4.05. The lowest BCUT2D eigenvalue weighted by molar-refractivity contribution is 0.194. The van der Waals surface area contributed by atoms with Crippen molar-refractivity contribution in [2.45, 2.75) is 26.4 Å². The monoisotopic (exact) mass is 383 g/mol. The third-order valence-corrected chi connectivity index (χ3v) is 6.47. The van der Waals surface area contributed by atoms with Crippen molar-refractivity contribution < 1.29 is 4.79 Å². The summed E-state index contributed by atoms with van der Waals surface area (Å²) < 4.78 is 0.763. The standard InChI is InChI=1S/C17H22ClN3OS2/c1-2-21(12-14-3-4-16(18)24-14)17(22)19-7-9-20-8-5-15-13(11-20)6-10-23-15/h3-4,6,10H,2,5,7-9,11-12H2,1H3,(H,19,22). The van der Waals surface area contributed by atoms with Crippen LogP contribution in [0.25, 0.3) is 0 Å². The van der Waals surface area contributed by atoms with Crippen LogP contribution in [0.15, 0.2) is 23.6 Å². The average Bonchev–Trinajstić information content (AvgIpc) is 3.20. The minimum Gasteiger partial charge on any atom is -0.337 e. The van der Waals surface area contributed by atoms with E-state index in [1.54, 1.807) is 0 Å². The number of nitrogens with one attached hydrogen (secondary N) is 1. The number of carbonyl (C=O) groups excluding carboxylic acids is 1. The molecule has 0 unspecified atom stereocenters. The molecule has 0 fully saturated rings. The molecule has 7 heteroatoms. The van der Waals surface area contributed by atoms with Gasteiger partial charge in [-0.15, -0.1) is 22.7 Å². The zero-order valence-corrected chi connectivity index (χ0v) is 16.1. The number of amides is 2. The van der Waals surface area contributed by atoms with Crippen molar-refractivity contribution in [1.82, 2.24) is 15.1 Å². The molecular weight excluding hydrogens is 362 g/mol. The van der Waals surface area contributed by atoms with E-state index in [1.165, 1.54) is 21.8 Å². The number of urea groups is 1. The molecule has 3 heterocycles. The fourth-order valence-electron chi connectivity index (χ4n) is 2.88. The molecule has 1 aliphatic rings. The van der Waals surface area contributed by atoms with Crippen LogP contribution in [0, 0.1) is 0 Å². The van der Waals surface area contributed by atoms with Gasteiger partial charge in [0.15, 0.2) is 0 Å². The molecule has 130 valence electrons. The van der Waals surface area contributed by atoms with E-state index >= 15 is 0 Å². The highest BCUT2D eigenvalue weighted by molar-refractivity contribution is 7.16. The van der Waals surface area contributed by atoms with E-state index < -0.39 is 0 Å². The van der Waals surface area contributed by atoms with Crippen LogP contribution in [0.1, 0.15) is 22.2 Å². The molecule has 0 saturated carbocycles. The Hall–Kier alpha value is -1.08. The Morgan fingerprint density at radius 3 is 3.04 bits per heavy atom. The second-order valence-corrected chi connectivity index (χ2v) is 8.65. The number of rotatable bonds is 6. The maximum absolute atomic E-state index is 12.4. The molecule has 4 nitrogen and oxygen atoms in total. The number of carbonyl (C=O) groups is 1. The summed E-state index contributed by atoms with van der Waals surface area (Å²) in [5.74, 6) is 0. The van der Waals surface area contributed by atoms with Gasteiger partial charge in [-0.05, 0) is 42.5 Å². The topological polar surface area (TPSA) is 35.6 Å². The smallest absolute Gasteiger partial charge is 0.317 e. The first kappa shape index (κ1) is 17.7. The molecule has 3 rings (SSSR count). The Balaban J connectivity index is 1.43. The van der Waals surface area contributed by atoms with Gasteiger partial charge in [0.2, 0.25) is 0 Å². The van der Waals surface area contributed by atoms with Crippen LogP contribution in [-0.2, 0) is 19.5 Å². The van der Waals surface area contributed by atoms with Crippen molar-refractivity contribution in [2.24, 2.45) is 0 Å². The summed E-state index contributed by atoms with van der Waals surface area (Å²) in [6, 6.07) is 6.07. The van der Waals surface area contributed by atoms with Gasteiger partial charge in [0, 0.05) is 42.5 Å². The molecule has 0 saturated heterocycles. The molecule has 1 N–H and O–H groups in total. The molecule has 0 spiro atoms. The van der Waals surface area contributed by atoms with Crippen LogP contribution in [0.4, 0.5) is 4.79 Å². The number of hydrogen-bond acceptors (Lipinski definition) is 4. The van der Waals surface area contributed by atoms with Crippen molar-refractivity contribution in [3.05, 3.63) is 43.2 Å². The lowest BCUT2D eigenvalue weighted by Gasteiger charge is -2.27. The molecular formula is C17H22ClN3OS2. The summed E-state index contributed by atoms with van der Waals surface area (Å²) in [6.45, 7) is 6.94. The second-order valence-electron chi connectivity index (χ2n) is 5.85. The van der Waals surface area contributed by atoms with E-state index in [9.17, 15) is 4.79 Å². The van der Waals surface area contributed by atoms with Crippen LogP contribution in [0.2, 0.25) is 4.34 Å². The predicted molar refractivity (Wildman–Crippen MR) is 102 cm³/mol. The van der Waals surface area contributed by atoms with Crippen LogP contribution >= 0.6 is 34.3 Å². The first-order valence-corrected chi connectivity index (χ1v) is 10.3. The van der Waals surface area contributed by atoms with E-state index in [1.807, 2.05) is 35.3 Å². The van der Waals surface area contributed by atoms with Gasteiger partial charge < -0.3 is 10.2 Å². The van der Waals surface area contributed by atoms with Gasteiger partial charge in [0.25, 0.3) is 0 Å². The van der Waals surface area contributed by atoms with Crippen molar-refractivity contribution in [3.63, 3.8) is 0 Å². The molecule has 0 atom stereocenters. The highest BCUT2D eigenvalue weighted by Gasteiger charge is 2.17. The van der Waals surface area contributed by atoms with Crippen molar-refractivity contribution in [1.29, 1.82) is 0 Å². The van der Waals surface area contributed by atoms with Gasteiger partial charge >= 0.3 is 6.03 Å². The Morgan fingerprint density at radius 1 is 1.42 bits per heavy atom. The van der Waals surface area contributed by atoms with E-state index in [0.29, 0.717) is 19.6 Å². The first-order valence-electron chi connectivity index (χ1n) is 8.20. The fraction of sp³-hybridized carbons (Fsp3) is 0.471. The number of halogens is 1. The lowest BCUT2D eigenvalue weighted by atomic mass is 10.1. The van der Waals surface area contributed by atoms with Crippen LogP contribution in [0.5, 0.6) is 0 Å². The Morgan fingerprint density at radius 2 is 2.29 bits per heavy atom. The quantitative estimate of drug-likeness (QED) is 0.816. The van der Waals surface area contributed by atoms with Gasteiger partial charge in [-0.1, -0.05) is 11.6 Å². The SMILES string of the molecule is CCN(Cc1ccc(Cl)s1)C(=O)NCCN1CCc2sccc2C1. The van der Waals surface area contributed by atoms with Gasteiger partial charge in [-0.3, -0.25) is 4.90 Å². The molecule has 0 bridgehead atoms. The maximum Gasteiger partial charge on any atom is 0.317 e. The molecule has 24 heavy (non-hydrogen) atoms. The molecule has 2 amide bonds. The Kier molecular flexibility index (Phi) is 6.16. The zero-order chi connectivity index (χ0) is 16.9. The van der Waals surface area contributed by atoms with Gasteiger partial charge in [0.05, 0.1) is 10.9 Å². The number of fused-ring (bicyclic) bond motifs is 1. The molecule has 0 radical (unpaired) electrons. The van der Waals surface area contributed by atoms with Gasteiger partial charge in [0.1, 0.15) is 0 Å². The van der Waals surface area contributed by atoms with E-state index in [2.05, 4.69) is 21.7 Å². The molecule has 1 aliphatic heterocycles. The summed E-state index contributed by atoms with van der Waals surface area (Å²) >= 11 is 9.34. The summed E-state index contributed by atoms with van der Waals surface area (Å²) in [6.07, 6.45) is 1.13. The number of nitrogens with zero attached hydrogens (tertiary/aromatic N) is 2. The number of hydrogen-bond donors (Lipinski definition) is 1. The highest BCUT2D eigenvalue weighted by Crippen LogP contribution is 2.24. The highest BCUT2D eigenvalue weighted by atomic mass is 35.5. The molecule has 2 aromatic heterocycles. The van der Waals surface area contributed by atoms with Gasteiger partial charge in [-0.2, -0.15) is 0 Å². The maximum atomic E-state index is 12.4. The molecule has 2 aromatic rings. The van der Waals surface area contributed by atoms with Gasteiger partial charge in [-0.25, -0.2) is 4.79 Å². The van der Waals surface area contributed by atoms with Crippen LogP contribution < -0.4 is 5.32 Å². The summed E-state index contributed by atoms with van der Waals surface area (Å²) in [4.78, 5) is 19.2. The first-order chi connectivity index (χ1) is 11.7. The van der Waals surface area contributed by atoms with E-state index in [-0.39, 0.29) is 6.03 Å². The molecule has 0 aromatic carbocycles. The molecule has 0 aliphatic carbocycles. The van der Waals surface area contributed by atoms with Crippen molar-refractivity contribution >= 4 is 40.3 Å². The average molecular weight is 384 g/mol. The third kappa shape index (κ3) is 4.51. The summed E-state index contributed by atoms with van der Waals surface area (Å²) in [7, 11) is 0. The van der Waals surface area contributed by atoms with Crippen LogP contribution in [-0.4, -0.2) is 42.0 Å². The fourth-order valence-corrected chi connectivity index (χ4v) is 4.88. The largest absolute Gasteiger partial charge is 0.337 e. The summed E-state index contributed by atoms with van der Waals surface area (Å²) in [5, 5.41) is 5.22. The Bertz CT molecular complexity index is 685. The van der Waals surface area contributed by atoms with E-state index in [0.717, 1.165) is 35.3 Å². The zero-order valence-electron chi connectivity index (χ0n) is 13.8. The Labute approximate surface area is 156 Å². The van der Waals surface area contributed by atoms with Crippen molar-refractivity contribution in [2.75, 3.05) is 26.2 Å². The minimum absolute atomic E-state index is 0.00439. The van der Waals surface area contributed by atoms with E-state index in [4.69, 9.17) is 11.6 Å². The lowest BCUT2D eigenvalue weighted by Crippen LogP contribution is -2.43. The summed E-state index contributed by atoms with van der Waals surface area (Å²) in [5.41, 5.74) is 1.45. The minimum atomic E-state index is -0.00439. The van der Waals surface area contributed by atoms with Crippen LogP contribution in [0.3, 0.4) is 0 Å². The normalized spacial score (nSPS) is 14.4. The number of thiophene rings is 2.